The number of rotatable bonds is 5. The van der Waals surface area contributed by atoms with Crippen LogP contribution < -0.4 is 8.92 Å². The topological polar surface area (TPSA) is 52.6 Å². The van der Waals surface area contributed by atoms with E-state index in [1.807, 2.05) is 12.1 Å². The van der Waals surface area contributed by atoms with Crippen LogP contribution in [0.4, 0.5) is 0 Å². The monoisotopic (exact) mass is 382 g/mol. The molecule has 0 N–H and O–H groups in total. The van der Waals surface area contributed by atoms with Gasteiger partial charge in [0, 0.05) is 5.02 Å². The van der Waals surface area contributed by atoms with E-state index in [4.69, 9.17) is 20.5 Å². The van der Waals surface area contributed by atoms with Crippen LogP contribution in [-0.2, 0) is 15.5 Å². The summed E-state index contributed by atoms with van der Waals surface area (Å²) in [6.45, 7) is 10.2. The molecule has 0 aliphatic carbocycles. The summed E-state index contributed by atoms with van der Waals surface area (Å²) >= 11 is 6.09. The van der Waals surface area contributed by atoms with Crippen molar-refractivity contribution in [3.8, 4) is 11.5 Å². The molecule has 2 rings (SSSR count). The SMILES string of the molecule is CCOc1cc(C)c(Cl)cc1S(=O)(=O)Oc1ccc(C(C)(C)C)cc1. The Balaban J connectivity index is 2.38. The van der Waals surface area contributed by atoms with E-state index in [0.717, 1.165) is 11.1 Å². The second kappa shape index (κ2) is 7.26. The summed E-state index contributed by atoms with van der Waals surface area (Å²) in [4.78, 5) is -0.0788. The van der Waals surface area contributed by atoms with Gasteiger partial charge >= 0.3 is 10.1 Å². The molecule has 0 amide bonds. The smallest absolute Gasteiger partial charge is 0.342 e. The van der Waals surface area contributed by atoms with Crippen molar-refractivity contribution in [3.63, 3.8) is 0 Å². The first-order chi connectivity index (χ1) is 11.5. The standard InChI is InChI=1S/C19H23ClO4S/c1-6-23-17-11-13(2)16(20)12-18(17)25(21,22)24-15-9-7-14(8-10-15)19(3,4)5/h7-12H,6H2,1-5H3. The number of ether oxygens (including phenoxy) is 1. The van der Waals surface area contributed by atoms with Gasteiger partial charge in [0.05, 0.1) is 6.61 Å². The van der Waals surface area contributed by atoms with Crippen molar-refractivity contribution >= 4 is 21.7 Å². The van der Waals surface area contributed by atoms with Crippen molar-refractivity contribution in [2.45, 2.75) is 44.9 Å². The molecule has 2 aromatic carbocycles. The first-order valence-electron chi connectivity index (χ1n) is 8.02. The Morgan fingerprint density at radius 3 is 2.20 bits per heavy atom. The van der Waals surface area contributed by atoms with Crippen LogP contribution in [0.3, 0.4) is 0 Å². The van der Waals surface area contributed by atoms with Crippen LogP contribution in [0.1, 0.15) is 38.8 Å². The average Bonchev–Trinajstić information content (AvgIpc) is 2.50. The summed E-state index contributed by atoms with van der Waals surface area (Å²) in [6, 6.07) is 9.97. The quantitative estimate of drug-likeness (QED) is 0.674. The van der Waals surface area contributed by atoms with Gasteiger partial charge in [-0.1, -0.05) is 44.5 Å². The summed E-state index contributed by atoms with van der Waals surface area (Å²) in [5.74, 6) is 0.475. The molecule has 0 unspecified atom stereocenters. The molecule has 0 fully saturated rings. The Bertz CT molecular complexity index is 850. The Kier molecular flexibility index (Phi) is 5.69. The zero-order valence-corrected chi connectivity index (χ0v) is 16.7. The molecule has 6 heteroatoms. The molecule has 0 aliphatic rings. The second-order valence-electron chi connectivity index (χ2n) is 6.79. The molecular formula is C19H23ClO4S. The van der Waals surface area contributed by atoms with Gasteiger partial charge in [0.1, 0.15) is 16.4 Å². The van der Waals surface area contributed by atoms with Crippen LogP contribution in [-0.4, -0.2) is 15.0 Å². The molecule has 0 aliphatic heterocycles. The third-order valence-corrected chi connectivity index (χ3v) is 5.40. The van der Waals surface area contributed by atoms with Gasteiger partial charge in [-0.05, 0) is 54.7 Å². The Morgan fingerprint density at radius 2 is 1.68 bits per heavy atom. The predicted octanol–water partition coefficient (Wildman–Crippen LogP) is 5.11. The molecule has 4 nitrogen and oxygen atoms in total. The fourth-order valence-corrected chi connectivity index (χ4v) is 3.59. The molecule has 0 saturated heterocycles. The second-order valence-corrected chi connectivity index (χ2v) is 8.71. The van der Waals surface area contributed by atoms with Gasteiger partial charge in [-0.2, -0.15) is 8.42 Å². The number of hydrogen-bond donors (Lipinski definition) is 0. The highest BCUT2D eigenvalue weighted by molar-refractivity contribution is 7.87. The first kappa shape index (κ1) is 19.6. The van der Waals surface area contributed by atoms with Crippen LogP contribution in [0.5, 0.6) is 11.5 Å². The van der Waals surface area contributed by atoms with Crippen molar-refractivity contribution in [1.82, 2.24) is 0 Å². The van der Waals surface area contributed by atoms with Crippen LogP contribution in [0, 0.1) is 6.92 Å². The van der Waals surface area contributed by atoms with Crippen LogP contribution in [0.25, 0.3) is 0 Å². The van der Waals surface area contributed by atoms with Crippen molar-refractivity contribution in [2.75, 3.05) is 6.61 Å². The van der Waals surface area contributed by atoms with Gasteiger partial charge in [0.25, 0.3) is 0 Å². The molecule has 0 bridgehead atoms. The van der Waals surface area contributed by atoms with Crippen LogP contribution in [0.15, 0.2) is 41.3 Å². The van der Waals surface area contributed by atoms with Crippen molar-refractivity contribution in [2.24, 2.45) is 0 Å². The maximum absolute atomic E-state index is 12.7. The summed E-state index contributed by atoms with van der Waals surface area (Å²) < 4.78 is 36.1. The van der Waals surface area contributed by atoms with Crippen molar-refractivity contribution in [1.29, 1.82) is 0 Å². The molecule has 0 radical (unpaired) electrons. The predicted molar refractivity (Wildman–Crippen MR) is 100 cm³/mol. The Hall–Kier alpha value is -1.72. The largest absolute Gasteiger partial charge is 0.492 e. The molecule has 0 atom stereocenters. The van der Waals surface area contributed by atoms with Gasteiger partial charge in [-0.15, -0.1) is 0 Å². The van der Waals surface area contributed by atoms with E-state index in [-0.39, 0.29) is 21.8 Å². The number of benzene rings is 2. The Labute approximate surface area is 154 Å². The summed E-state index contributed by atoms with van der Waals surface area (Å²) in [6.07, 6.45) is 0. The number of halogens is 1. The maximum atomic E-state index is 12.7. The summed E-state index contributed by atoms with van der Waals surface area (Å²) in [5, 5.41) is 0.341. The zero-order chi connectivity index (χ0) is 18.8. The minimum atomic E-state index is -4.06. The lowest BCUT2D eigenvalue weighted by molar-refractivity contribution is 0.329. The van der Waals surface area contributed by atoms with Crippen LogP contribution in [0.2, 0.25) is 5.02 Å². The van der Waals surface area contributed by atoms with E-state index in [1.54, 1.807) is 32.0 Å². The lowest BCUT2D eigenvalue weighted by atomic mass is 9.87. The minimum absolute atomic E-state index is 0.0238. The molecule has 0 saturated carbocycles. The Morgan fingerprint density at radius 1 is 1.08 bits per heavy atom. The molecule has 0 aromatic heterocycles. The van der Waals surface area contributed by atoms with E-state index in [2.05, 4.69) is 20.8 Å². The van der Waals surface area contributed by atoms with Gasteiger partial charge < -0.3 is 8.92 Å². The fraction of sp³-hybridized carbons (Fsp3) is 0.368. The maximum Gasteiger partial charge on any atom is 0.342 e. The highest BCUT2D eigenvalue weighted by Crippen LogP contribution is 2.33. The van der Waals surface area contributed by atoms with E-state index in [1.165, 1.54) is 6.07 Å². The van der Waals surface area contributed by atoms with E-state index >= 15 is 0 Å². The normalized spacial score (nSPS) is 12.1. The summed E-state index contributed by atoms with van der Waals surface area (Å²) in [7, 11) is -4.06. The third-order valence-electron chi connectivity index (χ3n) is 3.72. The highest BCUT2D eigenvalue weighted by Gasteiger charge is 2.24. The van der Waals surface area contributed by atoms with Crippen LogP contribution >= 0.6 is 11.6 Å². The molecule has 0 spiro atoms. The first-order valence-corrected chi connectivity index (χ1v) is 9.81. The number of aryl methyl sites for hydroxylation is 1. The molecule has 136 valence electrons. The molecule has 0 heterocycles. The minimum Gasteiger partial charge on any atom is -0.492 e. The highest BCUT2D eigenvalue weighted by atomic mass is 35.5. The molecule has 25 heavy (non-hydrogen) atoms. The van der Waals surface area contributed by atoms with E-state index in [0.29, 0.717) is 11.6 Å². The zero-order valence-electron chi connectivity index (χ0n) is 15.1. The molecule has 2 aromatic rings. The van der Waals surface area contributed by atoms with Gasteiger partial charge in [0.15, 0.2) is 0 Å². The lowest BCUT2D eigenvalue weighted by Gasteiger charge is -2.19. The van der Waals surface area contributed by atoms with E-state index < -0.39 is 10.1 Å². The van der Waals surface area contributed by atoms with E-state index in [9.17, 15) is 8.42 Å². The van der Waals surface area contributed by atoms with Gasteiger partial charge in [-0.3, -0.25) is 0 Å². The fourth-order valence-electron chi connectivity index (χ4n) is 2.28. The van der Waals surface area contributed by atoms with Gasteiger partial charge in [-0.25, -0.2) is 0 Å². The van der Waals surface area contributed by atoms with Crippen molar-refractivity contribution in [3.05, 3.63) is 52.5 Å². The third kappa shape index (κ3) is 4.67. The number of hydrogen-bond acceptors (Lipinski definition) is 4. The van der Waals surface area contributed by atoms with Gasteiger partial charge in [0.2, 0.25) is 0 Å². The summed E-state index contributed by atoms with van der Waals surface area (Å²) in [5.41, 5.74) is 1.80. The lowest BCUT2D eigenvalue weighted by Crippen LogP contribution is -2.13. The molecular weight excluding hydrogens is 360 g/mol. The average molecular weight is 383 g/mol. The van der Waals surface area contributed by atoms with Crippen molar-refractivity contribution < 1.29 is 17.3 Å².